The highest BCUT2D eigenvalue weighted by Gasteiger charge is 2.35. The van der Waals surface area contributed by atoms with Crippen molar-refractivity contribution in [1.29, 1.82) is 0 Å². The summed E-state index contributed by atoms with van der Waals surface area (Å²) < 4.78 is 27.5. The molecule has 7 nitrogen and oxygen atoms in total. The van der Waals surface area contributed by atoms with Crippen LogP contribution in [0.2, 0.25) is 5.02 Å². The molecule has 1 unspecified atom stereocenters. The van der Waals surface area contributed by atoms with Crippen LogP contribution in [0.25, 0.3) is 0 Å². The van der Waals surface area contributed by atoms with E-state index >= 15 is 0 Å². The zero-order valence-corrected chi connectivity index (χ0v) is 15.9. The number of rotatable bonds is 5. The van der Waals surface area contributed by atoms with Crippen molar-refractivity contribution < 1.29 is 23.1 Å². The number of carbonyl (C=O) groups is 2. The van der Waals surface area contributed by atoms with E-state index in [4.69, 9.17) is 16.7 Å². The number of carbonyl (C=O) groups excluding carboxylic acids is 1. The Balaban J connectivity index is 1.79. The smallest absolute Gasteiger partial charge is 0.308 e. The van der Waals surface area contributed by atoms with Crippen LogP contribution in [0.4, 0.5) is 11.4 Å². The predicted octanol–water partition coefficient (Wildman–Crippen LogP) is 2.89. The van der Waals surface area contributed by atoms with Gasteiger partial charge in [0.15, 0.2) is 0 Å². The van der Waals surface area contributed by atoms with Crippen LogP contribution in [-0.4, -0.2) is 31.9 Å². The number of sulfonamides is 1. The zero-order valence-electron chi connectivity index (χ0n) is 14.3. The van der Waals surface area contributed by atoms with Crippen molar-refractivity contribution in [2.75, 3.05) is 16.2 Å². The van der Waals surface area contributed by atoms with Crippen LogP contribution in [0.15, 0.2) is 47.4 Å². The number of carboxylic acids is 1. The lowest BCUT2D eigenvalue weighted by atomic mass is 10.1. The number of benzene rings is 2. The lowest BCUT2D eigenvalue weighted by Gasteiger charge is -2.17. The molecule has 142 valence electrons. The van der Waals surface area contributed by atoms with Gasteiger partial charge in [0.1, 0.15) is 0 Å². The van der Waals surface area contributed by atoms with Gasteiger partial charge in [-0.25, -0.2) is 8.42 Å². The number of aliphatic carboxylic acids is 1. The molecule has 1 amide bonds. The predicted molar refractivity (Wildman–Crippen MR) is 102 cm³/mol. The number of hydrogen-bond donors (Lipinski definition) is 2. The van der Waals surface area contributed by atoms with Crippen molar-refractivity contribution in [2.24, 2.45) is 5.92 Å². The van der Waals surface area contributed by atoms with Crippen LogP contribution in [0.1, 0.15) is 12.0 Å². The summed E-state index contributed by atoms with van der Waals surface area (Å²) in [6.07, 6.45) is -0.0644. The first-order chi connectivity index (χ1) is 12.7. The topological polar surface area (TPSA) is 104 Å². The zero-order chi connectivity index (χ0) is 19.8. The van der Waals surface area contributed by atoms with Gasteiger partial charge in [0.25, 0.3) is 10.0 Å². The van der Waals surface area contributed by atoms with Crippen molar-refractivity contribution in [1.82, 2.24) is 0 Å². The molecule has 1 atom stereocenters. The molecule has 0 saturated carbocycles. The number of amides is 1. The van der Waals surface area contributed by atoms with Gasteiger partial charge in [0, 0.05) is 23.7 Å². The van der Waals surface area contributed by atoms with E-state index < -0.39 is 21.9 Å². The third-order valence-corrected chi connectivity index (χ3v) is 6.16. The number of halogens is 1. The molecule has 0 spiro atoms. The summed E-state index contributed by atoms with van der Waals surface area (Å²) in [4.78, 5) is 24.4. The minimum absolute atomic E-state index is 0.0179. The second-order valence-corrected chi connectivity index (χ2v) is 8.40. The van der Waals surface area contributed by atoms with Crippen LogP contribution in [0, 0.1) is 12.8 Å². The number of nitrogens with zero attached hydrogens (tertiary/aromatic N) is 1. The summed E-state index contributed by atoms with van der Waals surface area (Å²) >= 11 is 6.02. The highest BCUT2D eigenvalue weighted by molar-refractivity contribution is 7.92. The molecule has 1 aliphatic rings. The van der Waals surface area contributed by atoms with E-state index in [0.29, 0.717) is 16.4 Å². The van der Waals surface area contributed by atoms with Crippen LogP contribution >= 0.6 is 11.6 Å². The summed E-state index contributed by atoms with van der Waals surface area (Å²) in [5.41, 5.74) is 1.63. The lowest BCUT2D eigenvalue weighted by molar-refractivity contribution is -0.141. The lowest BCUT2D eigenvalue weighted by Crippen LogP contribution is -2.25. The fourth-order valence-electron chi connectivity index (χ4n) is 2.80. The van der Waals surface area contributed by atoms with Crippen LogP contribution in [-0.2, 0) is 19.6 Å². The Morgan fingerprint density at radius 3 is 2.44 bits per heavy atom. The maximum Gasteiger partial charge on any atom is 0.308 e. The molecule has 1 fully saturated rings. The maximum absolute atomic E-state index is 12.5. The van der Waals surface area contributed by atoms with Crippen molar-refractivity contribution in [3.63, 3.8) is 0 Å². The standard InChI is InChI=1S/C18H17ClN2O5S/c1-11-2-3-13(9-16(11)19)20-27(25,26)15-6-4-14(5-7-15)21-10-12(18(23)24)8-17(21)22/h2-7,9,12,20H,8,10H2,1H3,(H,23,24). The number of carboxylic acid groups (broad SMARTS) is 1. The largest absolute Gasteiger partial charge is 0.481 e. The molecular weight excluding hydrogens is 392 g/mol. The monoisotopic (exact) mass is 408 g/mol. The van der Waals surface area contributed by atoms with Gasteiger partial charge >= 0.3 is 5.97 Å². The number of hydrogen-bond acceptors (Lipinski definition) is 4. The number of anilines is 2. The van der Waals surface area contributed by atoms with E-state index in [1.807, 2.05) is 6.92 Å². The van der Waals surface area contributed by atoms with Gasteiger partial charge < -0.3 is 10.0 Å². The quantitative estimate of drug-likeness (QED) is 0.791. The molecule has 2 aromatic carbocycles. The van der Waals surface area contributed by atoms with Gasteiger partial charge in [-0.1, -0.05) is 17.7 Å². The van der Waals surface area contributed by atoms with Crippen molar-refractivity contribution in [3.8, 4) is 0 Å². The molecule has 0 aliphatic carbocycles. The Hall–Kier alpha value is -2.58. The summed E-state index contributed by atoms with van der Waals surface area (Å²) in [6.45, 7) is 1.88. The van der Waals surface area contributed by atoms with Crippen LogP contribution < -0.4 is 9.62 Å². The van der Waals surface area contributed by atoms with E-state index in [2.05, 4.69) is 4.72 Å². The summed E-state index contributed by atoms with van der Waals surface area (Å²) in [5.74, 6) is -2.08. The van der Waals surface area contributed by atoms with E-state index in [9.17, 15) is 18.0 Å². The summed E-state index contributed by atoms with van der Waals surface area (Å²) in [5, 5.41) is 9.50. The molecule has 0 bridgehead atoms. The maximum atomic E-state index is 12.5. The average Bonchev–Trinajstić information content (AvgIpc) is 3.00. The Morgan fingerprint density at radius 1 is 1.22 bits per heavy atom. The van der Waals surface area contributed by atoms with Gasteiger partial charge in [-0.2, -0.15) is 0 Å². The molecule has 1 saturated heterocycles. The SMILES string of the molecule is Cc1ccc(NS(=O)(=O)c2ccc(N3CC(C(=O)O)CC3=O)cc2)cc1Cl. The fraction of sp³-hybridized carbons (Fsp3) is 0.222. The Morgan fingerprint density at radius 2 is 1.89 bits per heavy atom. The second-order valence-electron chi connectivity index (χ2n) is 6.31. The highest BCUT2D eigenvalue weighted by Crippen LogP contribution is 2.27. The molecule has 27 heavy (non-hydrogen) atoms. The molecule has 2 N–H and O–H groups in total. The van der Waals surface area contributed by atoms with Crippen LogP contribution in [0.3, 0.4) is 0 Å². The minimum Gasteiger partial charge on any atom is -0.481 e. The van der Waals surface area contributed by atoms with Crippen LogP contribution in [0.5, 0.6) is 0 Å². The molecule has 2 aromatic rings. The van der Waals surface area contributed by atoms with Gasteiger partial charge in [-0.3, -0.25) is 14.3 Å². The molecule has 0 radical (unpaired) electrons. The Bertz CT molecular complexity index is 1000. The Kier molecular flexibility index (Phi) is 5.12. The van der Waals surface area contributed by atoms with E-state index in [0.717, 1.165) is 5.56 Å². The van der Waals surface area contributed by atoms with Gasteiger partial charge in [0.05, 0.1) is 16.5 Å². The summed E-state index contributed by atoms with van der Waals surface area (Å²) in [6, 6.07) is 10.6. The van der Waals surface area contributed by atoms with Gasteiger partial charge in [-0.05, 0) is 48.9 Å². The number of nitrogens with one attached hydrogen (secondary N) is 1. The van der Waals surface area contributed by atoms with Crippen molar-refractivity contribution in [3.05, 3.63) is 53.1 Å². The first kappa shape index (κ1) is 19.2. The van der Waals surface area contributed by atoms with E-state index in [1.54, 1.807) is 12.1 Å². The third kappa shape index (κ3) is 4.06. The minimum atomic E-state index is -3.83. The van der Waals surface area contributed by atoms with Gasteiger partial charge in [-0.15, -0.1) is 0 Å². The first-order valence-corrected chi connectivity index (χ1v) is 9.96. The van der Waals surface area contributed by atoms with Crippen molar-refractivity contribution in [2.45, 2.75) is 18.2 Å². The molecule has 9 heteroatoms. The highest BCUT2D eigenvalue weighted by atomic mass is 35.5. The van der Waals surface area contributed by atoms with Gasteiger partial charge in [0.2, 0.25) is 5.91 Å². The molecule has 1 heterocycles. The molecule has 0 aromatic heterocycles. The summed E-state index contributed by atoms with van der Waals surface area (Å²) in [7, 11) is -3.83. The number of aryl methyl sites for hydroxylation is 1. The average molecular weight is 409 g/mol. The third-order valence-electron chi connectivity index (χ3n) is 4.36. The Labute approximate surface area is 161 Å². The molecular formula is C18H17ClN2O5S. The normalized spacial score (nSPS) is 17.2. The molecule has 1 aliphatic heterocycles. The first-order valence-electron chi connectivity index (χ1n) is 8.09. The van der Waals surface area contributed by atoms with E-state index in [1.165, 1.54) is 35.2 Å². The molecule has 3 rings (SSSR count). The van der Waals surface area contributed by atoms with E-state index in [-0.39, 0.29) is 23.8 Å². The van der Waals surface area contributed by atoms with Crippen molar-refractivity contribution >= 4 is 44.9 Å². The fourth-order valence-corrected chi connectivity index (χ4v) is 4.03. The second kappa shape index (κ2) is 7.21.